The zero-order valence-corrected chi connectivity index (χ0v) is 12.4. The summed E-state index contributed by atoms with van der Waals surface area (Å²) in [6.45, 7) is 4.79. The normalized spacial score (nSPS) is 10.8. The number of anilines is 1. The van der Waals surface area contributed by atoms with E-state index in [-0.39, 0.29) is 0 Å². The first-order chi connectivity index (χ1) is 10.1. The van der Waals surface area contributed by atoms with Gasteiger partial charge in [0, 0.05) is 5.56 Å². The summed E-state index contributed by atoms with van der Waals surface area (Å²) in [6, 6.07) is 18.6. The zero-order chi connectivity index (χ0) is 14.8. The van der Waals surface area contributed by atoms with Crippen LogP contribution in [-0.4, -0.2) is 9.78 Å². The molecule has 21 heavy (non-hydrogen) atoms. The van der Waals surface area contributed by atoms with Gasteiger partial charge in [-0.15, -0.1) is 0 Å². The van der Waals surface area contributed by atoms with Crippen molar-refractivity contribution in [3.05, 3.63) is 71.4 Å². The third kappa shape index (κ3) is 2.68. The van der Waals surface area contributed by atoms with E-state index in [1.807, 2.05) is 29.8 Å². The number of nitrogens with zero attached hydrogens (tertiary/aromatic N) is 2. The summed E-state index contributed by atoms with van der Waals surface area (Å²) >= 11 is 0. The molecule has 0 unspecified atom stereocenters. The highest BCUT2D eigenvalue weighted by Crippen LogP contribution is 2.29. The van der Waals surface area contributed by atoms with Crippen LogP contribution in [0, 0.1) is 13.8 Å². The Morgan fingerprint density at radius 2 is 1.62 bits per heavy atom. The molecule has 0 saturated heterocycles. The average Bonchev–Trinajstić information content (AvgIpc) is 2.77. The number of hydrogen-bond donors (Lipinski definition) is 1. The predicted octanol–water partition coefficient (Wildman–Crippen LogP) is 3.80. The molecule has 3 heteroatoms. The number of hydrogen-bond acceptors (Lipinski definition) is 2. The highest BCUT2D eigenvalue weighted by molar-refractivity contribution is 5.76. The minimum Gasteiger partial charge on any atom is -0.383 e. The van der Waals surface area contributed by atoms with Gasteiger partial charge in [-0.2, -0.15) is 5.10 Å². The molecule has 3 rings (SSSR count). The molecule has 3 aromatic rings. The predicted molar refractivity (Wildman–Crippen MR) is 87.1 cm³/mol. The number of rotatable bonds is 3. The Kier molecular flexibility index (Phi) is 3.48. The molecule has 0 fully saturated rings. The third-order valence-corrected chi connectivity index (χ3v) is 3.68. The summed E-state index contributed by atoms with van der Waals surface area (Å²) in [5.41, 5.74) is 11.9. The molecule has 0 amide bonds. The summed E-state index contributed by atoms with van der Waals surface area (Å²) < 4.78 is 1.88. The maximum atomic E-state index is 6.31. The zero-order valence-electron chi connectivity index (χ0n) is 12.4. The van der Waals surface area contributed by atoms with Crippen molar-refractivity contribution in [1.29, 1.82) is 0 Å². The van der Waals surface area contributed by atoms with Crippen molar-refractivity contribution in [2.45, 2.75) is 20.4 Å². The smallest absolute Gasteiger partial charge is 0.130 e. The highest BCUT2D eigenvalue weighted by Gasteiger charge is 2.14. The topological polar surface area (TPSA) is 43.8 Å². The standard InChI is InChI=1S/C18H19N3/c1-13-8-10-15(11-9-13)12-21-18(19)17(14(2)20-21)16-6-4-3-5-7-16/h3-11H,12,19H2,1-2H3. The SMILES string of the molecule is Cc1ccc(Cn2nc(C)c(-c3ccccc3)c2N)cc1. The summed E-state index contributed by atoms with van der Waals surface area (Å²) in [5, 5.41) is 4.60. The van der Waals surface area contributed by atoms with Crippen LogP contribution in [0.4, 0.5) is 5.82 Å². The van der Waals surface area contributed by atoms with Crippen LogP contribution < -0.4 is 5.73 Å². The second-order valence-electron chi connectivity index (χ2n) is 5.35. The molecule has 0 aliphatic heterocycles. The summed E-state index contributed by atoms with van der Waals surface area (Å²) in [5.74, 6) is 0.722. The second-order valence-corrected chi connectivity index (χ2v) is 5.35. The van der Waals surface area contributed by atoms with Gasteiger partial charge in [0.05, 0.1) is 12.2 Å². The van der Waals surface area contributed by atoms with Crippen molar-refractivity contribution in [3.63, 3.8) is 0 Å². The van der Waals surface area contributed by atoms with Crippen molar-refractivity contribution < 1.29 is 0 Å². The van der Waals surface area contributed by atoms with Crippen LogP contribution in [0.15, 0.2) is 54.6 Å². The monoisotopic (exact) mass is 277 g/mol. The molecule has 106 valence electrons. The Labute approximate surface area is 125 Å². The first-order valence-electron chi connectivity index (χ1n) is 7.09. The Hall–Kier alpha value is -2.55. The van der Waals surface area contributed by atoms with Gasteiger partial charge in [-0.3, -0.25) is 0 Å². The van der Waals surface area contributed by atoms with E-state index in [2.05, 4.69) is 48.4 Å². The van der Waals surface area contributed by atoms with Crippen LogP contribution in [0.5, 0.6) is 0 Å². The minimum absolute atomic E-state index is 0.694. The molecule has 1 aromatic heterocycles. The van der Waals surface area contributed by atoms with Crippen molar-refractivity contribution in [2.75, 3.05) is 5.73 Å². The maximum Gasteiger partial charge on any atom is 0.130 e. The third-order valence-electron chi connectivity index (χ3n) is 3.68. The van der Waals surface area contributed by atoms with Crippen LogP contribution in [-0.2, 0) is 6.54 Å². The van der Waals surface area contributed by atoms with Gasteiger partial charge < -0.3 is 5.73 Å². The van der Waals surface area contributed by atoms with E-state index in [0.29, 0.717) is 6.54 Å². The van der Waals surface area contributed by atoms with Crippen LogP contribution in [0.25, 0.3) is 11.1 Å². The van der Waals surface area contributed by atoms with E-state index in [1.165, 1.54) is 11.1 Å². The fourth-order valence-corrected chi connectivity index (χ4v) is 2.55. The molecule has 3 nitrogen and oxygen atoms in total. The Bertz CT molecular complexity index is 740. The fourth-order valence-electron chi connectivity index (χ4n) is 2.55. The largest absolute Gasteiger partial charge is 0.383 e. The van der Waals surface area contributed by atoms with Gasteiger partial charge in [-0.1, -0.05) is 60.2 Å². The lowest BCUT2D eigenvalue weighted by Gasteiger charge is -2.06. The highest BCUT2D eigenvalue weighted by atomic mass is 15.3. The minimum atomic E-state index is 0.694. The number of aromatic nitrogens is 2. The fraction of sp³-hybridized carbons (Fsp3) is 0.167. The Balaban J connectivity index is 1.96. The lowest BCUT2D eigenvalue weighted by molar-refractivity contribution is 0.689. The van der Waals surface area contributed by atoms with Crippen molar-refractivity contribution in [3.8, 4) is 11.1 Å². The Morgan fingerprint density at radius 3 is 2.29 bits per heavy atom. The van der Waals surface area contributed by atoms with Crippen LogP contribution in [0.1, 0.15) is 16.8 Å². The van der Waals surface area contributed by atoms with Crippen molar-refractivity contribution in [1.82, 2.24) is 9.78 Å². The number of benzene rings is 2. The van der Waals surface area contributed by atoms with Gasteiger partial charge in [0.1, 0.15) is 5.82 Å². The average molecular weight is 277 g/mol. The molecular formula is C18H19N3. The molecule has 1 heterocycles. The van der Waals surface area contributed by atoms with Gasteiger partial charge in [0.15, 0.2) is 0 Å². The van der Waals surface area contributed by atoms with E-state index < -0.39 is 0 Å². The van der Waals surface area contributed by atoms with Gasteiger partial charge >= 0.3 is 0 Å². The van der Waals surface area contributed by atoms with E-state index in [0.717, 1.165) is 22.6 Å². The van der Waals surface area contributed by atoms with E-state index >= 15 is 0 Å². The first kappa shape index (κ1) is 13.4. The molecule has 2 aromatic carbocycles. The summed E-state index contributed by atoms with van der Waals surface area (Å²) in [4.78, 5) is 0. The molecule has 2 N–H and O–H groups in total. The quantitative estimate of drug-likeness (QED) is 0.791. The number of nitrogens with two attached hydrogens (primary N) is 1. The van der Waals surface area contributed by atoms with Crippen molar-refractivity contribution in [2.24, 2.45) is 0 Å². The molecule has 0 atom stereocenters. The van der Waals surface area contributed by atoms with Gasteiger partial charge in [0.25, 0.3) is 0 Å². The molecule has 0 bridgehead atoms. The van der Waals surface area contributed by atoms with Crippen molar-refractivity contribution >= 4 is 5.82 Å². The molecule has 0 aliphatic carbocycles. The molecule has 0 saturated carbocycles. The lowest BCUT2D eigenvalue weighted by atomic mass is 10.1. The Morgan fingerprint density at radius 1 is 0.952 bits per heavy atom. The number of aryl methyl sites for hydroxylation is 2. The van der Waals surface area contributed by atoms with Gasteiger partial charge in [0.2, 0.25) is 0 Å². The van der Waals surface area contributed by atoms with Crippen LogP contribution >= 0.6 is 0 Å². The van der Waals surface area contributed by atoms with E-state index in [9.17, 15) is 0 Å². The maximum absolute atomic E-state index is 6.31. The number of nitrogen functional groups attached to an aromatic ring is 1. The molecule has 0 radical (unpaired) electrons. The summed E-state index contributed by atoms with van der Waals surface area (Å²) in [6.07, 6.45) is 0. The molecule has 0 aliphatic rings. The van der Waals surface area contributed by atoms with Gasteiger partial charge in [-0.25, -0.2) is 4.68 Å². The first-order valence-corrected chi connectivity index (χ1v) is 7.09. The van der Waals surface area contributed by atoms with Gasteiger partial charge in [-0.05, 0) is 25.0 Å². The summed E-state index contributed by atoms with van der Waals surface area (Å²) in [7, 11) is 0. The van der Waals surface area contributed by atoms with E-state index in [1.54, 1.807) is 0 Å². The van der Waals surface area contributed by atoms with Crippen LogP contribution in [0.2, 0.25) is 0 Å². The second kappa shape index (κ2) is 5.44. The van der Waals surface area contributed by atoms with E-state index in [4.69, 9.17) is 5.73 Å². The molecule has 0 spiro atoms. The van der Waals surface area contributed by atoms with Crippen LogP contribution in [0.3, 0.4) is 0 Å². The molecular weight excluding hydrogens is 258 g/mol. The lowest BCUT2D eigenvalue weighted by Crippen LogP contribution is -2.06.